The van der Waals surface area contributed by atoms with Gasteiger partial charge in [-0.05, 0) is 41.8 Å². The van der Waals surface area contributed by atoms with E-state index in [0.717, 1.165) is 16.9 Å². The Morgan fingerprint density at radius 3 is 2.43 bits per heavy atom. The maximum atomic E-state index is 12.6. The molecule has 0 radical (unpaired) electrons. The van der Waals surface area contributed by atoms with Crippen molar-refractivity contribution >= 4 is 33.0 Å². The SMILES string of the molecule is COc1ccccc1CNC(=O)c1ccc(N(C)S(=O)(=O)c2cccs2)cc1. The molecule has 3 rings (SSSR count). The minimum Gasteiger partial charge on any atom is -0.496 e. The van der Waals surface area contributed by atoms with E-state index in [-0.39, 0.29) is 10.1 Å². The van der Waals surface area contributed by atoms with Crippen LogP contribution in [0.15, 0.2) is 70.3 Å². The Balaban J connectivity index is 1.69. The van der Waals surface area contributed by atoms with Gasteiger partial charge in [-0.25, -0.2) is 8.42 Å². The fourth-order valence-electron chi connectivity index (χ4n) is 2.63. The van der Waals surface area contributed by atoms with Gasteiger partial charge < -0.3 is 10.1 Å². The third-order valence-corrected chi connectivity index (χ3v) is 7.39. The summed E-state index contributed by atoms with van der Waals surface area (Å²) in [5.74, 6) is 0.458. The van der Waals surface area contributed by atoms with E-state index in [1.165, 1.54) is 11.4 Å². The summed E-state index contributed by atoms with van der Waals surface area (Å²) in [5, 5.41) is 4.56. The van der Waals surface area contributed by atoms with E-state index in [0.29, 0.717) is 23.5 Å². The van der Waals surface area contributed by atoms with Crippen LogP contribution in [0.4, 0.5) is 5.69 Å². The van der Waals surface area contributed by atoms with Crippen LogP contribution in [-0.4, -0.2) is 28.5 Å². The van der Waals surface area contributed by atoms with Crippen LogP contribution in [0.1, 0.15) is 15.9 Å². The lowest BCUT2D eigenvalue weighted by molar-refractivity contribution is 0.0950. The molecule has 0 fully saturated rings. The van der Waals surface area contributed by atoms with E-state index in [1.807, 2.05) is 24.3 Å². The molecule has 2 aromatic carbocycles. The van der Waals surface area contributed by atoms with E-state index in [4.69, 9.17) is 4.74 Å². The molecule has 146 valence electrons. The van der Waals surface area contributed by atoms with E-state index in [2.05, 4.69) is 5.32 Å². The lowest BCUT2D eigenvalue weighted by atomic mass is 10.1. The molecule has 1 N–H and O–H groups in total. The first-order chi connectivity index (χ1) is 13.4. The summed E-state index contributed by atoms with van der Waals surface area (Å²) in [5.41, 5.74) is 1.80. The monoisotopic (exact) mass is 416 g/mol. The highest BCUT2D eigenvalue weighted by molar-refractivity contribution is 7.94. The number of carbonyl (C=O) groups is 1. The van der Waals surface area contributed by atoms with Crippen LogP contribution >= 0.6 is 11.3 Å². The van der Waals surface area contributed by atoms with Crippen LogP contribution in [0.5, 0.6) is 5.75 Å². The van der Waals surface area contributed by atoms with Gasteiger partial charge in [-0.15, -0.1) is 11.3 Å². The Morgan fingerprint density at radius 1 is 1.07 bits per heavy atom. The van der Waals surface area contributed by atoms with Crippen molar-refractivity contribution < 1.29 is 17.9 Å². The standard InChI is InChI=1S/C20H20N2O4S2/c1-22(28(24,25)19-8-5-13-27-19)17-11-9-15(10-12-17)20(23)21-14-16-6-3-4-7-18(16)26-2/h3-13H,14H2,1-2H3,(H,21,23). The predicted octanol–water partition coefficient (Wildman–Crippen LogP) is 3.51. The fraction of sp³-hybridized carbons (Fsp3) is 0.150. The van der Waals surface area contributed by atoms with Crippen molar-refractivity contribution in [2.24, 2.45) is 0 Å². The van der Waals surface area contributed by atoms with Gasteiger partial charge in [0.25, 0.3) is 15.9 Å². The summed E-state index contributed by atoms with van der Waals surface area (Å²) in [6.45, 7) is 0.331. The molecule has 1 heterocycles. The summed E-state index contributed by atoms with van der Waals surface area (Å²) in [6, 6.07) is 17.2. The van der Waals surface area contributed by atoms with E-state index < -0.39 is 10.0 Å². The molecule has 0 unspecified atom stereocenters. The summed E-state index contributed by atoms with van der Waals surface area (Å²) < 4.78 is 31.9. The molecule has 0 saturated carbocycles. The highest BCUT2D eigenvalue weighted by Crippen LogP contribution is 2.25. The number of nitrogens with zero attached hydrogens (tertiary/aromatic N) is 1. The van der Waals surface area contributed by atoms with Crippen molar-refractivity contribution in [3.05, 3.63) is 77.2 Å². The Kier molecular flexibility index (Phi) is 6.01. The lowest BCUT2D eigenvalue weighted by Gasteiger charge is -2.18. The average molecular weight is 417 g/mol. The van der Waals surface area contributed by atoms with Crippen LogP contribution in [0.25, 0.3) is 0 Å². The number of amides is 1. The van der Waals surface area contributed by atoms with Crippen molar-refractivity contribution in [1.82, 2.24) is 5.32 Å². The molecule has 0 aliphatic carbocycles. The molecule has 1 amide bonds. The van der Waals surface area contributed by atoms with Crippen molar-refractivity contribution in [3.8, 4) is 5.75 Å². The van der Waals surface area contributed by atoms with E-state index >= 15 is 0 Å². The molecule has 3 aromatic rings. The molecule has 0 aliphatic heterocycles. The molecule has 0 bridgehead atoms. The van der Waals surface area contributed by atoms with Crippen LogP contribution in [0.3, 0.4) is 0 Å². The van der Waals surface area contributed by atoms with Gasteiger partial charge in [-0.1, -0.05) is 24.3 Å². The van der Waals surface area contributed by atoms with Gasteiger partial charge in [0.2, 0.25) is 0 Å². The van der Waals surface area contributed by atoms with Crippen LogP contribution in [0.2, 0.25) is 0 Å². The number of anilines is 1. The summed E-state index contributed by atoms with van der Waals surface area (Å²) in [4.78, 5) is 12.4. The number of nitrogens with one attached hydrogen (secondary N) is 1. The van der Waals surface area contributed by atoms with Crippen LogP contribution < -0.4 is 14.4 Å². The van der Waals surface area contributed by atoms with Crippen LogP contribution in [-0.2, 0) is 16.6 Å². The Hall–Kier alpha value is -2.84. The molecule has 6 nitrogen and oxygen atoms in total. The van der Waals surface area contributed by atoms with Gasteiger partial charge in [0.15, 0.2) is 0 Å². The molecule has 1 aromatic heterocycles. The zero-order valence-electron chi connectivity index (χ0n) is 15.5. The number of methoxy groups -OCH3 is 1. The molecule has 0 atom stereocenters. The van der Waals surface area contributed by atoms with Crippen molar-refractivity contribution in [1.29, 1.82) is 0 Å². The largest absolute Gasteiger partial charge is 0.496 e. The maximum Gasteiger partial charge on any atom is 0.273 e. The quantitative estimate of drug-likeness (QED) is 0.640. The molecule has 0 aliphatic rings. The molecular weight excluding hydrogens is 396 g/mol. The number of carbonyl (C=O) groups excluding carboxylic acids is 1. The summed E-state index contributed by atoms with van der Waals surface area (Å²) in [6.07, 6.45) is 0. The number of rotatable bonds is 7. The number of hydrogen-bond acceptors (Lipinski definition) is 5. The minimum atomic E-state index is -3.60. The second-order valence-corrected chi connectivity index (χ2v) is 9.09. The Morgan fingerprint density at radius 2 is 1.79 bits per heavy atom. The van der Waals surface area contributed by atoms with Crippen LogP contribution in [0, 0.1) is 0 Å². The topological polar surface area (TPSA) is 75.7 Å². The maximum absolute atomic E-state index is 12.6. The molecule has 0 spiro atoms. The molecule has 28 heavy (non-hydrogen) atoms. The number of sulfonamides is 1. The zero-order valence-corrected chi connectivity index (χ0v) is 17.1. The zero-order chi connectivity index (χ0) is 20.1. The second-order valence-electron chi connectivity index (χ2n) is 5.95. The Bertz CT molecular complexity index is 1050. The van der Waals surface area contributed by atoms with Crippen molar-refractivity contribution in [3.63, 3.8) is 0 Å². The predicted molar refractivity (Wildman–Crippen MR) is 111 cm³/mol. The summed E-state index contributed by atoms with van der Waals surface area (Å²) in [7, 11) is -0.523. The number of thiophene rings is 1. The smallest absolute Gasteiger partial charge is 0.273 e. The third-order valence-electron chi connectivity index (χ3n) is 4.23. The van der Waals surface area contributed by atoms with E-state index in [9.17, 15) is 13.2 Å². The van der Waals surface area contributed by atoms with E-state index in [1.54, 1.807) is 48.9 Å². The number of hydrogen-bond donors (Lipinski definition) is 1. The Labute approximate surface area is 168 Å². The molecular formula is C20H20N2O4S2. The second kappa shape index (κ2) is 8.45. The van der Waals surface area contributed by atoms with Gasteiger partial charge in [0.1, 0.15) is 9.96 Å². The number of benzene rings is 2. The van der Waals surface area contributed by atoms with Gasteiger partial charge in [0, 0.05) is 24.7 Å². The first-order valence-electron chi connectivity index (χ1n) is 8.46. The van der Waals surface area contributed by atoms with Crippen molar-refractivity contribution in [2.45, 2.75) is 10.8 Å². The first kappa shape index (κ1) is 19.9. The molecule has 0 saturated heterocycles. The number of ether oxygens (including phenoxy) is 1. The minimum absolute atomic E-state index is 0.249. The first-order valence-corrected chi connectivity index (χ1v) is 10.8. The highest BCUT2D eigenvalue weighted by atomic mass is 32.2. The highest BCUT2D eigenvalue weighted by Gasteiger charge is 2.22. The third kappa shape index (κ3) is 4.18. The normalized spacial score (nSPS) is 11.1. The molecule has 8 heteroatoms. The van der Waals surface area contributed by atoms with Gasteiger partial charge in [0.05, 0.1) is 12.8 Å². The van der Waals surface area contributed by atoms with Gasteiger partial charge in [-0.2, -0.15) is 0 Å². The fourth-order valence-corrected chi connectivity index (χ4v) is 4.99. The summed E-state index contributed by atoms with van der Waals surface area (Å²) >= 11 is 1.16. The van der Waals surface area contributed by atoms with Gasteiger partial charge in [-0.3, -0.25) is 9.10 Å². The van der Waals surface area contributed by atoms with Gasteiger partial charge >= 0.3 is 0 Å². The average Bonchev–Trinajstić information content (AvgIpc) is 3.27. The number of para-hydroxylation sites is 1. The van der Waals surface area contributed by atoms with Crippen molar-refractivity contribution in [2.75, 3.05) is 18.5 Å². The lowest BCUT2D eigenvalue weighted by Crippen LogP contribution is -2.26.